The first-order chi connectivity index (χ1) is 30.6. The van der Waals surface area contributed by atoms with Crippen LogP contribution in [0.2, 0.25) is 0 Å². The van der Waals surface area contributed by atoms with Crippen LogP contribution in [-0.4, -0.2) is 37.9 Å². The van der Waals surface area contributed by atoms with Crippen molar-refractivity contribution in [2.45, 2.75) is 335 Å². The van der Waals surface area contributed by atoms with E-state index in [9.17, 15) is 9.59 Å². The fourth-order valence-corrected chi connectivity index (χ4v) is 8.87. The van der Waals surface area contributed by atoms with E-state index >= 15 is 0 Å². The summed E-state index contributed by atoms with van der Waals surface area (Å²) in [6.45, 7) is 7.92. The first-order valence-corrected chi connectivity index (χ1v) is 28.6. The predicted octanol–water partition coefficient (Wildman–Crippen LogP) is 19.2. The van der Waals surface area contributed by atoms with Gasteiger partial charge in [-0.15, -0.1) is 0 Å². The van der Waals surface area contributed by atoms with Crippen LogP contribution in [0.1, 0.15) is 329 Å². The van der Waals surface area contributed by atoms with Gasteiger partial charge in [-0.2, -0.15) is 0 Å². The van der Waals surface area contributed by atoms with E-state index in [0.29, 0.717) is 26.1 Å². The Morgan fingerprint density at radius 3 is 0.823 bits per heavy atom. The van der Waals surface area contributed by atoms with Crippen molar-refractivity contribution in [3.63, 3.8) is 0 Å². The van der Waals surface area contributed by atoms with Crippen molar-refractivity contribution >= 4 is 11.9 Å². The Kier molecular flexibility index (Phi) is 53.3. The lowest BCUT2D eigenvalue weighted by Crippen LogP contribution is -2.30. The minimum absolute atomic E-state index is 0.0980. The molecule has 0 saturated heterocycles. The summed E-state index contributed by atoms with van der Waals surface area (Å²) < 4.78 is 17.4. The normalized spacial score (nSPS) is 12.0. The highest BCUT2D eigenvalue weighted by Crippen LogP contribution is 2.17. The molecule has 0 rings (SSSR count). The maximum atomic E-state index is 12.8. The summed E-state index contributed by atoms with van der Waals surface area (Å²) in [4.78, 5) is 25.5. The Balaban J connectivity index is 4.10. The van der Waals surface area contributed by atoms with Crippen LogP contribution in [0.5, 0.6) is 0 Å². The van der Waals surface area contributed by atoms with Gasteiger partial charge in [-0.3, -0.25) is 9.59 Å². The molecular formula is C57H112O5. The molecule has 62 heavy (non-hydrogen) atoms. The molecule has 0 bridgehead atoms. The highest BCUT2D eigenvalue weighted by atomic mass is 16.6. The van der Waals surface area contributed by atoms with Crippen LogP contribution in [0.25, 0.3) is 0 Å². The summed E-state index contributed by atoms with van der Waals surface area (Å²) in [7, 11) is 0. The number of hydrogen-bond donors (Lipinski definition) is 0. The van der Waals surface area contributed by atoms with Crippen molar-refractivity contribution in [2.75, 3.05) is 19.8 Å². The number of rotatable bonds is 54. The molecule has 0 aromatic rings. The number of hydrogen-bond acceptors (Lipinski definition) is 5. The lowest BCUT2D eigenvalue weighted by Gasteiger charge is -2.18. The second kappa shape index (κ2) is 54.2. The second-order valence-corrected chi connectivity index (χ2v) is 19.6. The molecule has 5 heteroatoms. The number of unbranched alkanes of at least 4 members (excludes halogenated alkanes) is 43. The maximum absolute atomic E-state index is 12.8. The fraction of sp³-hybridized carbons (Fsp3) is 0.965. The van der Waals surface area contributed by atoms with E-state index in [0.717, 1.165) is 32.1 Å². The van der Waals surface area contributed by atoms with Crippen LogP contribution >= 0.6 is 0 Å². The fourth-order valence-electron chi connectivity index (χ4n) is 8.87. The summed E-state index contributed by atoms with van der Waals surface area (Å²) in [5.41, 5.74) is 0. The number of esters is 2. The van der Waals surface area contributed by atoms with Gasteiger partial charge in [0.05, 0.1) is 6.61 Å². The van der Waals surface area contributed by atoms with Gasteiger partial charge in [-0.25, -0.2) is 0 Å². The first-order valence-electron chi connectivity index (χ1n) is 28.6. The van der Waals surface area contributed by atoms with Gasteiger partial charge in [-0.1, -0.05) is 297 Å². The quantitative estimate of drug-likeness (QED) is 0.0450. The highest BCUT2D eigenvalue weighted by Gasteiger charge is 2.17. The Labute approximate surface area is 389 Å². The van der Waals surface area contributed by atoms with E-state index in [4.69, 9.17) is 14.2 Å². The van der Waals surface area contributed by atoms with Crippen molar-refractivity contribution in [3.05, 3.63) is 0 Å². The smallest absolute Gasteiger partial charge is 0.306 e. The Morgan fingerprint density at radius 1 is 0.290 bits per heavy atom. The number of carbonyl (C=O) groups is 2. The molecule has 0 aromatic carbocycles. The molecule has 0 aliphatic rings. The third kappa shape index (κ3) is 51.5. The molecule has 370 valence electrons. The van der Waals surface area contributed by atoms with E-state index in [2.05, 4.69) is 20.8 Å². The SMILES string of the molecule is CCCCCCCCCCCCCCCCCCCCCC(=O)OCC(COCCCCCCCCCCCC)OC(=O)CCCCCCCCCCCCCCCCCCC. The van der Waals surface area contributed by atoms with Gasteiger partial charge in [0.15, 0.2) is 6.10 Å². The van der Waals surface area contributed by atoms with Gasteiger partial charge < -0.3 is 14.2 Å². The Bertz CT molecular complexity index is 860. The minimum Gasteiger partial charge on any atom is -0.462 e. The molecule has 0 saturated carbocycles. The highest BCUT2D eigenvalue weighted by molar-refractivity contribution is 5.70. The monoisotopic (exact) mass is 877 g/mol. The van der Waals surface area contributed by atoms with Gasteiger partial charge in [0.1, 0.15) is 6.61 Å². The van der Waals surface area contributed by atoms with Crippen molar-refractivity contribution < 1.29 is 23.8 Å². The van der Waals surface area contributed by atoms with E-state index in [1.165, 1.54) is 263 Å². The molecule has 0 aromatic heterocycles. The summed E-state index contributed by atoms with van der Waals surface area (Å²) in [5, 5.41) is 0. The average molecular weight is 878 g/mol. The van der Waals surface area contributed by atoms with Gasteiger partial charge in [0, 0.05) is 19.4 Å². The largest absolute Gasteiger partial charge is 0.462 e. The molecule has 0 heterocycles. The molecule has 0 spiro atoms. The second-order valence-electron chi connectivity index (χ2n) is 19.6. The van der Waals surface area contributed by atoms with E-state index in [1.54, 1.807) is 0 Å². The standard InChI is InChI=1S/C57H112O5/c1-4-7-10-13-16-19-22-24-26-28-29-31-32-34-36-38-41-44-47-50-56(58)61-54-55(53-60-52-49-46-43-40-21-18-15-12-9-6-3)62-57(59)51-48-45-42-39-37-35-33-30-27-25-23-20-17-14-11-8-5-2/h55H,4-54H2,1-3H3. The van der Waals surface area contributed by atoms with Gasteiger partial charge >= 0.3 is 11.9 Å². The number of ether oxygens (including phenoxy) is 3. The van der Waals surface area contributed by atoms with E-state index in [1.807, 2.05) is 0 Å². The molecule has 0 amide bonds. The van der Waals surface area contributed by atoms with Crippen molar-refractivity contribution in [3.8, 4) is 0 Å². The molecule has 0 fully saturated rings. The van der Waals surface area contributed by atoms with Crippen LogP contribution in [0, 0.1) is 0 Å². The maximum Gasteiger partial charge on any atom is 0.306 e. The average Bonchev–Trinajstić information content (AvgIpc) is 3.27. The molecule has 1 atom stereocenters. The summed E-state index contributed by atoms with van der Waals surface area (Å²) in [6, 6.07) is 0. The third-order valence-electron chi connectivity index (χ3n) is 13.1. The molecule has 0 aliphatic heterocycles. The summed E-state index contributed by atoms with van der Waals surface area (Å²) in [5.74, 6) is -0.366. The zero-order chi connectivity index (χ0) is 44.9. The predicted molar refractivity (Wildman–Crippen MR) is 270 cm³/mol. The number of carbonyl (C=O) groups excluding carboxylic acids is 2. The Morgan fingerprint density at radius 2 is 0.532 bits per heavy atom. The van der Waals surface area contributed by atoms with Crippen molar-refractivity contribution in [2.24, 2.45) is 0 Å². The minimum atomic E-state index is -0.523. The van der Waals surface area contributed by atoms with Gasteiger partial charge in [0.2, 0.25) is 0 Å². The van der Waals surface area contributed by atoms with Crippen molar-refractivity contribution in [1.82, 2.24) is 0 Å². The molecule has 0 N–H and O–H groups in total. The Hall–Kier alpha value is -1.10. The van der Waals surface area contributed by atoms with E-state index in [-0.39, 0.29) is 18.5 Å². The van der Waals surface area contributed by atoms with Crippen LogP contribution < -0.4 is 0 Å². The molecule has 5 nitrogen and oxygen atoms in total. The topological polar surface area (TPSA) is 61.8 Å². The lowest BCUT2D eigenvalue weighted by molar-refractivity contribution is -0.163. The molecule has 1 unspecified atom stereocenters. The lowest BCUT2D eigenvalue weighted by atomic mass is 10.0. The third-order valence-corrected chi connectivity index (χ3v) is 13.1. The van der Waals surface area contributed by atoms with Crippen LogP contribution in [0.15, 0.2) is 0 Å². The van der Waals surface area contributed by atoms with Gasteiger partial charge in [-0.05, 0) is 19.3 Å². The summed E-state index contributed by atoms with van der Waals surface area (Å²) in [6.07, 6.45) is 61.2. The zero-order valence-corrected chi connectivity index (χ0v) is 42.7. The van der Waals surface area contributed by atoms with E-state index < -0.39 is 6.10 Å². The summed E-state index contributed by atoms with van der Waals surface area (Å²) >= 11 is 0. The van der Waals surface area contributed by atoms with Crippen LogP contribution in [0.4, 0.5) is 0 Å². The van der Waals surface area contributed by atoms with Crippen LogP contribution in [0.3, 0.4) is 0 Å². The first kappa shape index (κ1) is 60.9. The molecule has 0 aliphatic carbocycles. The van der Waals surface area contributed by atoms with Gasteiger partial charge in [0.25, 0.3) is 0 Å². The van der Waals surface area contributed by atoms with Crippen molar-refractivity contribution in [1.29, 1.82) is 0 Å². The van der Waals surface area contributed by atoms with Crippen LogP contribution in [-0.2, 0) is 23.8 Å². The molecular weight excluding hydrogens is 765 g/mol. The zero-order valence-electron chi connectivity index (χ0n) is 42.7. The molecule has 0 radical (unpaired) electrons.